The molecule has 0 unspecified atom stereocenters. The zero-order valence-corrected chi connectivity index (χ0v) is 6.07. The van der Waals surface area contributed by atoms with Crippen LogP contribution < -0.4 is 10.7 Å². The SMILES string of the molecule is O=c1[nH]c([O-])nc2ccccc12. The van der Waals surface area contributed by atoms with Crippen molar-refractivity contribution in [1.29, 1.82) is 0 Å². The number of nitrogens with one attached hydrogen (secondary N) is 1. The summed E-state index contributed by atoms with van der Waals surface area (Å²) in [5.41, 5.74) is 0.0526. The van der Waals surface area contributed by atoms with Crippen molar-refractivity contribution in [2.45, 2.75) is 0 Å². The summed E-state index contributed by atoms with van der Waals surface area (Å²) in [5, 5.41) is 11.2. The fraction of sp³-hybridized carbons (Fsp3) is 0. The number of para-hydroxylation sites is 1. The molecule has 2 rings (SSSR count). The second kappa shape index (κ2) is 2.34. The molecule has 60 valence electrons. The van der Waals surface area contributed by atoms with Gasteiger partial charge in [-0.05, 0) is 12.1 Å². The molecule has 0 amide bonds. The number of hydrogen-bond acceptors (Lipinski definition) is 3. The molecule has 4 heteroatoms. The summed E-state index contributed by atoms with van der Waals surface area (Å²) in [6.45, 7) is 0. The Kier molecular flexibility index (Phi) is 1.33. The molecule has 12 heavy (non-hydrogen) atoms. The van der Waals surface area contributed by atoms with Gasteiger partial charge in [0.2, 0.25) is 0 Å². The number of aromatic nitrogens is 2. The summed E-state index contributed by atoms with van der Waals surface area (Å²) < 4.78 is 0. The zero-order chi connectivity index (χ0) is 8.55. The number of hydrogen-bond donors (Lipinski definition) is 1. The second-order valence-corrected chi connectivity index (χ2v) is 2.39. The Morgan fingerprint density at radius 3 is 2.92 bits per heavy atom. The molecule has 1 aromatic carbocycles. The number of H-pyrrole nitrogens is 1. The molecule has 1 heterocycles. The molecule has 0 saturated heterocycles. The maximum absolute atomic E-state index is 11.1. The first-order valence-electron chi connectivity index (χ1n) is 3.43. The smallest absolute Gasteiger partial charge is 0.258 e. The van der Waals surface area contributed by atoms with E-state index in [4.69, 9.17) is 0 Å². The van der Waals surface area contributed by atoms with Crippen LogP contribution in [0.1, 0.15) is 0 Å². The highest BCUT2D eigenvalue weighted by molar-refractivity contribution is 5.77. The van der Waals surface area contributed by atoms with Crippen molar-refractivity contribution in [3.63, 3.8) is 0 Å². The number of rotatable bonds is 0. The third-order valence-electron chi connectivity index (χ3n) is 1.59. The monoisotopic (exact) mass is 161 g/mol. The highest BCUT2D eigenvalue weighted by Gasteiger charge is 1.95. The van der Waals surface area contributed by atoms with Gasteiger partial charge < -0.3 is 10.1 Å². The van der Waals surface area contributed by atoms with E-state index in [0.29, 0.717) is 10.9 Å². The Morgan fingerprint density at radius 1 is 1.33 bits per heavy atom. The van der Waals surface area contributed by atoms with E-state index in [1.807, 2.05) is 0 Å². The Morgan fingerprint density at radius 2 is 2.08 bits per heavy atom. The summed E-state index contributed by atoms with van der Waals surface area (Å²) in [7, 11) is 0. The van der Waals surface area contributed by atoms with Crippen molar-refractivity contribution < 1.29 is 5.11 Å². The lowest BCUT2D eigenvalue weighted by Crippen LogP contribution is -2.11. The molecule has 0 radical (unpaired) electrons. The first kappa shape index (κ1) is 6.84. The molecule has 0 aliphatic heterocycles. The average molecular weight is 161 g/mol. The van der Waals surface area contributed by atoms with Crippen molar-refractivity contribution in [1.82, 2.24) is 9.97 Å². The third-order valence-corrected chi connectivity index (χ3v) is 1.59. The average Bonchev–Trinajstić information content (AvgIpc) is 2.04. The number of fused-ring (bicyclic) bond motifs is 1. The van der Waals surface area contributed by atoms with Crippen LogP contribution >= 0.6 is 0 Å². The van der Waals surface area contributed by atoms with Crippen molar-refractivity contribution in [2.24, 2.45) is 0 Å². The molecule has 0 bridgehead atoms. The molecular formula is C8H5N2O2-. The molecule has 0 aliphatic carbocycles. The second-order valence-electron chi connectivity index (χ2n) is 2.39. The summed E-state index contributed by atoms with van der Waals surface area (Å²) in [4.78, 5) is 16.8. The normalized spacial score (nSPS) is 10.3. The fourth-order valence-corrected chi connectivity index (χ4v) is 1.06. The largest absolute Gasteiger partial charge is 0.846 e. The van der Waals surface area contributed by atoms with Crippen LogP contribution in [-0.2, 0) is 0 Å². The lowest BCUT2D eigenvalue weighted by Gasteiger charge is -2.03. The Balaban J connectivity index is 2.99. The van der Waals surface area contributed by atoms with Gasteiger partial charge in [-0.25, -0.2) is 4.98 Å². The standard InChI is InChI=1S/C8H6N2O2/c11-7-5-3-1-2-4-6(5)9-8(12)10-7/h1-4H,(H2,9,10,11,12)/p-1. The summed E-state index contributed by atoms with van der Waals surface area (Å²) in [5.74, 6) is 0. The lowest BCUT2D eigenvalue weighted by atomic mass is 10.2. The number of aromatic amines is 1. The lowest BCUT2D eigenvalue weighted by molar-refractivity contribution is -0.281. The van der Waals surface area contributed by atoms with Gasteiger partial charge in [-0.1, -0.05) is 12.1 Å². The summed E-state index contributed by atoms with van der Waals surface area (Å²) >= 11 is 0. The van der Waals surface area contributed by atoms with Crippen molar-refractivity contribution in [3.05, 3.63) is 34.6 Å². The van der Waals surface area contributed by atoms with E-state index in [1.54, 1.807) is 24.3 Å². The minimum absolute atomic E-state index is 0.384. The van der Waals surface area contributed by atoms with Gasteiger partial charge in [-0.2, -0.15) is 0 Å². The van der Waals surface area contributed by atoms with Crippen LogP contribution in [0, 0.1) is 0 Å². The maximum atomic E-state index is 11.1. The molecule has 0 atom stereocenters. The van der Waals surface area contributed by atoms with Gasteiger partial charge >= 0.3 is 0 Å². The van der Waals surface area contributed by atoms with Gasteiger partial charge in [-0.15, -0.1) is 0 Å². The molecule has 0 spiro atoms. The van der Waals surface area contributed by atoms with Gasteiger partial charge in [0.15, 0.2) is 0 Å². The highest BCUT2D eigenvalue weighted by atomic mass is 16.3. The minimum Gasteiger partial charge on any atom is -0.846 e. The summed E-state index contributed by atoms with van der Waals surface area (Å²) in [6, 6.07) is 6.11. The zero-order valence-electron chi connectivity index (χ0n) is 6.07. The highest BCUT2D eigenvalue weighted by Crippen LogP contribution is 2.05. The van der Waals surface area contributed by atoms with Crippen LogP contribution in [0.15, 0.2) is 29.1 Å². The number of benzene rings is 1. The minimum atomic E-state index is -0.598. The first-order chi connectivity index (χ1) is 5.77. The predicted octanol–water partition coefficient (Wildman–Crippen LogP) is -0.00330. The number of nitrogens with zero attached hydrogens (tertiary/aromatic N) is 1. The van der Waals surface area contributed by atoms with Crippen LogP contribution in [0.25, 0.3) is 10.9 Å². The van der Waals surface area contributed by atoms with Crippen LogP contribution in [0.4, 0.5) is 0 Å². The van der Waals surface area contributed by atoms with Crippen molar-refractivity contribution in [3.8, 4) is 6.01 Å². The van der Waals surface area contributed by atoms with Gasteiger partial charge in [0.1, 0.15) is 0 Å². The first-order valence-corrected chi connectivity index (χ1v) is 3.43. The Hall–Kier alpha value is -1.84. The van der Waals surface area contributed by atoms with E-state index in [2.05, 4.69) is 9.97 Å². The van der Waals surface area contributed by atoms with Crippen LogP contribution in [0.2, 0.25) is 0 Å². The molecule has 0 aliphatic rings. The maximum Gasteiger partial charge on any atom is 0.258 e. The quantitative estimate of drug-likeness (QED) is 0.591. The molecule has 0 fully saturated rings. The van der Waals surface area contributed by atoms with Crippen LogP contribution in [0.3, 0.4) is 0 Å². The van der Waals surface area contributed by atoms with E-state index in [1.165, 1.54) is 0 Å². The van der Waals surface area contributed by atoms with E-state index in [9.17, 15) is 9.90 Å². The Labute approximate surface area is 67.5 Å². The van der Waals surface area contributed by atoms with Crippen LogP contribution in [-0.4, -0.2) is 9.97 Å². The van der Waals surface area contributed by atoms with Gasteiger partial charge in [0, 0.05) is 0 Å². The topological polar surface area (TPSA) is 68.8 Å². The third kappa shape index (κ3) is 0.934. The fourth-order valence-electron chi connectivity index (χ4n) is 1.06. The molecule has 1 aromatic heterocycles. The van der Waals surface area contributed by atoms with E-state index >= 15 is 0 Å². The van der Waals surface area contributed by atoms with Crippen molar-refractivity contribution in [2.75, 3.05) is 0 Å². The van der Waals surface area contributed by atoms with E-state index < -0.39 is 6.01 Å². The molecule has 0 saturated carbocycles. The van der Waals surface area contributed by atoms with Gasteiger partial charge in [0.25, 0.3) is 5.56 Å². The predicted molar refractivity (Wildman–Crippen MR) is 41.8 cm³/mol. The van der Waals surface area contributed by atoms with Gasteiger partial charge in [-0.3, -0.25) is 4.79 Å². The van der Waals surface area contributed by atoms with E-state index in [-0.39, 0.29) is 5.56 Å². The molecular weight excluding hydrogens is 156 g/mol. The molecule has 2 aromatic rings. The van der Waals surface area contributed by atoms with Gasteiger partial charge in [0.05, 0.1) is 16.9 Å². The molecule has 1 N–H and O–H groups in total. The van der Waals surface area contributed by atoms with Crippen LogP contribution in [0.5, 0.6) is 6.01 Å². The Bertz CT molecular complexity index is 476. The van der Waals surface area contributed by atoms with E-state index in [0.717, 1.165) is 0 Å². The van der Waals surface area contributed by atoms with Crippen molar-refractivity contribution >= 4 is 10.9 Å². The summed E-state index contributed by atoms with van der Waals surface area (Å²) in [6.07, 6.45) is 0. The molecule has 4 nitrogen and oxygen atoms in total.